The van der Waals surface area contributed by atoms with Crippen LogP contribution in [0.3, 0.4) is 0 Å². The van der Waals surface area contributed by atoms with E-state index in [4.69, 9.17) is 11.6 Å². The minimum absolute atomic E-state index is 0.159. The summed E-state index contributed by atoms with van der Waals surface area (Å²) in [5.74, 6) is 0.456. The number of halogens is 1. The van der Waals surface area contributed by atoms with Crippen molar-refractivity contribution in [2.75, 3.05) is 17.2 Å². The van der Waals surface area contributed by atoms with E-state index >= 15 is 0 Å². The van der Waals surface area contributed by atoms with Crippen molar-refractivity contribution in [2.24, 2.45) is 0 Å². The zero-order valence-electron chi connectivity index (χ0n) is 10.6. The van der Waals surface area contributed by atoms with Crippen molar-refractivity contribution in [3.05, 3.63) is 45.6 Å². The minimum Gasteiger partial charge on any atom is -0.364 e. The molecule has 0 radical (unpaired) electrons. The number of nitrogens with zero attached hydrogens (tertiary/aromatic N) is 3. The van der Waals surface area contributed by atoms with Gasteiger partial charge in [0.05, 0.1) is 4.92 Å². The fraction of sp³-hybridized carbons (Fsp3) is 0.167. The van der Waals surface area contributed by atoms with Crippen LogP contribution in [0.2, 0.25) is 5.02 Å². The molecule has 20 heavy (non-hydrogen) atoms. The molecule has 0 bridgehead atoms. The van der Waals surface area contributed by atoms with E-state index in [1.165, 1.54) is 6.20 Å². The molecule has 1 aromatic heterocycles. The summed E-state index contributed by atoms with van der Waals surface area (Å²) in [7, 11) is 0. The van der Waals surface area contributed by atoms with Crippen molar-refractivity contribution >= 4 is 34.7 Å². The predicted molar refractivity (Wildman–Crippen MR) is 77.6 cm³/mol. The summed E-state index contributed by atoms with van der Waals surface area (Å²) in [5.41, 5.74) is 0.583. The number of nitro groups is 1. The van der Waals surface area contributed by atoms with Gasteiger partial charge < -0.3 is 10.6 Å². The maximum absolute atomic E-state index is 10.9. The topological polar surface area (TPSA) is 93.0 Å². The second-order valence-corrected chi connectivity index (χ2v) is 4.28. The van der Waals surface area contributed by atoms with Gasteiger partial charge in [-0.1, -0.05) is 11.6 Å². The summed E-state index contributed by atoms with van der Waals surface area (Å²) >= 11 is 5.79. The Morgan fingerprint density at radius 2 is 2.05 bits per heavy atom. The number of rotatable bonds is 5. The van der Waals surface area contributed by atoms with Gasteiger partial charge in [-0.25, -0.2) is 4.98 Å². The van der Waals surface area contributed by atoms with Gasteiger partial charge in [0.25, 0.3) is 0 Å². The van der Waals surface area contributed by atoms with Gasteiger partial charge in [-0.15, -0.1) is 0 Å². The van der Waals surface area contributed by atoms with E-state index in [1.54, 1.807) is 24.3 Å². The second-order valence-electron chi connectivity index (χ2n) is 3.85. The molecule has 0 saturated heterocycles. The summed E-state index contributed by atoms with van der Waals surface area (Å²) in [6.07, 6.45) is 1.17. The highest BCUT2D eigenvalue weighted by molar-refractivity contribution is 6.30. The van der Waals surface area contributed by atoms with Crippen molar-refractivity contribution in [2.45, 2.75) is 6.92 Å². The molecule has 0 saturated carbocycles. The summed E-state index contributed by atoms with van der Waals surface area (Å²) < 4.78 is 0. The standard InChI is InChI=1S/C12H12ClN5O2/c1-2-14-11-10(18(19)20)7-15-12(17-11)16-9-5-3-8(13)4-6-9/h3-7H,2H2,1H3,(H2,14,15,16,17). The van der Waals surface area contributed by atoms with Crippen molar-refractivity contribution < 1.29 is 4.92 Å². The third-order valence-corrected chi connectivity index (χ3v) is 2.66. The van der Waals surface area contributed by atoms with E-state index in [9.17, 15) is 10.1 Å². The molecule has 7 nitrogen and oxygen atoms in total. The largest absolute Gasteiger partial charge is 0.364 e. The average Bonchev–Trinajstić information content (AvgIpc) is 2.42. The van der Waals surface area contributed by atoms with Crippen molar-refractivity contribution in [1.82, 2.24) is 9.97 Å². The molecule has 2 N–H and O–H groups in total. The SMILES string of the molecule is CCNc1nc(Nc2ccc(Cl)cc2)ncc1[N+](=O)[O-]. The zero-order valence-corrected chi connectivity index (χ0v) is 11.4. The number of benzene rings is 1. The van der Waals surface area contributed by atoms with E-state index in [0.29, 0.717) is 11.6 Å². The Bertz CT molecular complexity index is 618. The molecule has 2 aromatic rings. The lowest BCUT2D eigenvalue weighted by atomic mass is 10.3. The van der Waals surface area contributed by atoms with Crippen molar-refractivity contribution in [1.29, 1.82) is 0 Å². The molecule has 0 aliphatic carbocycles. The molecule has 0 atom stereocenters. The average molecular weight is 294 g/mol. The Labute approximate surface area is 120 Å². The highest BCUT2D eigenvalue weighted by Gasteiger charge is 2.16. The molecular weight excluding hydrogens is 282 g/mol. The van der Waals surface area contributed by atoms with Gasteiger partial charge in [0.2, 0.25) is 11.8 Å². The molecule has 1 heterocycles. The Hall–Kier alpha value is -2.41. The fourth-order valence-corrected chi connectivity index (χ4v) is 1.66. The van der Waals surface area contributed by atoms with E-state index < -0.39 is 4.92 Å². The summed E-state index contributed by atoms with van der Waals surface area (Å²) in [6, 6.07) is 6.97. The molecule has 0 unspecified atom stereocenters. The summed E-state index contributed by atoms with van der Waals surface area (Å²) in [6.45, 7) is 2.36. The van der Waals surface area contributed by atoms with Crippen molar-refractivity contribution in [3.8, 4) is 0 Å². The van der Waals surface area contributed by atoms with Crippen LogP contribution >= 0.6 is 11.6 Å². The first-order valence-corrected chi connectivity index (χ1v) is 6.26. The first-order valence-electron chi connectivity index (χ1n) is 5.88. The molecule has 2 rings (SSSR count). The Morgan fingerprint density at radius 3 is 2.65 bits per heavy atom. The van der Waals surface area contributed by atoms with Gasteiger partial charge in [0.15, 0.2) is 0 Å². The molecule has 1 aromatic carbocycles. The smallest absolute Gasteiger partial charge is 0.329 e. The van der Waals surface area contributed by atoms with Crippen LogP contribution in [-0.4, -0.2) is 21.4 Å². The van der Waals surface area contributed by atoms with Crippen molar-refractivity contribution in [3.63, 3.8) is 0 Å². The van der Waals surface area contributed by atoms with Crippen LogP contribution in [0.5, 0.6) is 0 Å². The van der Waals surface area contributed by atoms with Crippen LogP contribution in [0.25, 0.3) is 0 Å². The van der Waals surface area contributed by atoms with Crippen LogP contribution in [0, 0.1) is 10.1 Å². The first kappa shape index (κ1) is 14.0. The minimum atomic E-state index is -0.524. The Balaban J connectivity index is 2.26. The summed E-state index contributed by atoms with van der Waals surface area (Å²) in [4.78, 5) is 18.3. The quantitative estimate of drug-likeness (QED) is 0.649. The van der Waals surface area contributed by atoms with Crippen LogP contribution in [0.4, 0.5) is 23.1 Å². The molecule has 0 spiro atoms. The summed E-state index contributed by atoms with van der Waals surface area (Å²) in [5, 5.41) is 17.3. The highest BCUT2D eigenvalue weighted by atomic mass is 35.5. The van der Waals surface area contributed by atoms with E-state index in [1.807, 2.05) is 6.92 Å². The lowest BCUT2D eigenvalue weighted by Crippen LogP contribution is -2.06. The van der Waals surface area contributed by atoms with Gasteiger partial charge in [0, 0.05) is 17.3 Å². The highest BCUT2D eigenvalue weighted by Crippen LogP contribution is 2.23. The molecular formula is C12H12ClN5O2. The first-order chi connectivity index (χ1) is 9.60. The van der Waals surface area contributed by atoms with Crippen LogP contribution in [0.1, 0.15) is 6.92 Å². The lowest BCUT2D eigenvalue weighted by molar-refractivity contribution is -0.384. The van der Waals surface area contributed by atoms with E-state index in [2.05, 4.69) is 20.6 Å². The van der Waals surface area contributed by atoms with Gasteiger partial charge in [-0.3, -0.25) is 10.1 Å². The monoisotopic (exact) mass is 293 g/mol. The maximum atomic E-state index is 10.9. The van der Waals surface area contributed by atoms with Gasteiger partial charge in [0.1, 0.15) is 6.20 Å². The second kappa shape index (κ2) is 6.16. The maximum Gasteiger partial charge on any atom is 0.329 e. The van der Waals surface area contributed by atoms with Crippen LogP contribution < -0.4 is 10.6 Å². The lowest BCUT2D eigenvalue weighted by Gasteiger charge is -2.07. The molecule has 0 fully saturated rings. The van der Waals surface area contributed by atoms with Gasteiger partial charge in [-0.2, -0.15) is 4.98 Å². The number of hydrogen-bond acceptors (Lipinski definition) is 6. The Morgan fingerprint density at radius 1 is 1.35 bits per heavy atom. The Kier molecular flexibility index (Phi) is 4.31. The molecule has 104 valence electrons. The molecule has 0 aliphatic rings. The normalized spacial score (nSPS) is 10.1. The molecule has 0 aliphatic heterocycles. The fourth-order valence-electron chi connectivity index (χ4n) is 1.53. The number of anilines is 3. The number of hydrogen-bond donors (Lipinski definition) is 2. The number of nitrogens with one attached hydrogen (secondary N) is 2. The predicted octanol–water partition coefficient (Wildman–Crippen LogP) is 3.21. The van der Waals surface area contributed by atoms with Crippen LogP contribution in [0.15, 0.2) is 30.5 Å². The van der Waals surface area contributed by atoms with E-state index in [-0.39, 0.29) is 17.5 Å². The van der Waals surface area contributed by atoms with Gasteiger partial charge >= 0.3 is 5.69 Å². The zero-order chi connectivity index (χ0) is 14.5. The van der Waals surface area contributed by atoms with Gasteiger partial charge in [-0.05, 0) is 31.2 Å². The third-order valence-electron chi connectivity index (χ3n) is 2.41. The number of aromatic nitrogens is 2. The van der Waals surface area contributed by atoms with Crippen LogP contribution in [-0.2, 0) is 0 Å². The molecule has 8 heteroatoms. The third kappa shape index (κ3) is 3.33. The molecule has 0 amide bonds. The van der Waals surface area contributed by atoms with E-state index in [0.717, 1.165) is 5.69 Å².